The van der Waals surface area contributed by atoms with Gasteiger partial charge in [-0.3, -0.25) is 4.79 Å². The molecule has 1 aliphatic rings. The summed E-state index contributed by atoms with van der Waals surface area (Å²) in [5.74, 6) is 0.304. The van der Waals surface area contributed by atoms with Gasteiger partial charge in [-0.1, -0.05) is 98.9 Å². The molecule has 0 saturated heterocycles. The lowest BCUT2D eigenvalue weighted by Crippen LogP contribution is -2.55. The summed E-state index contributed by atoms with van der Waals surface area (Å²) < 4.78 is 10.4. The van der Waals surface area contributed by atoms with Crippen LogP contribution in [0.25, 0.3) is 0 Å². The number of benzene rings is 2. The van der Waals surface area contributed by atoms with Gasteiger partial charge in [-0.05, 0) is 49.1 Å². The largest absolute Gasteiger partial charge is 0.441 e. The van der Waals surface area contributed by atoms with Crippen LogP contribution in [0, 0.1) is 5.92 Å². The maximum Gasteiger partial charge on any atom is 0.407 e. The van der Waals surface area contributed by atoms with E-state index in [1.54, 1.807) is 29.4 Å². The zero-order valence-electron chi connectivity index (χ0n) is 30.8. The molecular weight excluding hydrogens is 693 g/mol. The lowest BCUT2D eigenvalue weighted by molar-refractivity contribution is -0.124. The first-order valence-corrected chi connectivity index (χ1v) is 19.4. The van der Waals surface area contributed by atoms with Crippen molar-refractivity contribution in [1.29, 1.82) is 0 Å². The third kappa shape index (κ3) is 12.4. The Hall–Kier alpha value is -4.75. The van der Waals surface area contributed by atoms with E-state index in [1.165, 1.54) is 25.5 Å². The minimum absolute atomic E-state index is 0.116. The molecule has 284 valence electrons. The third-order valence-electron chi connectivity index (χ3n) is 9.60. The summed E-state index contributed by atoms with van der Waals surface area (Å²) in [5, 5.41) is 27.4. The number of carbonyl (C=O) groups is 3. The van der Waals surface area contributed by atoms with Gasteiger partial charge >= 0.3 is 12.1 Å². The molecule has 1 aliphatic carbocycles. The van der Waals surface area contributed by atoms with Crippen molar-refractivity contribution in [2.24, 2.45) is 5.92 Å². The lowest BCUT2D eigenvalue weighted by Gasteiger charge is -2.30. The van der Waals surface area contributed by atoms with Gasteiger partial charge in [0.1, 0.15) is 6.04 Å². The number of hydrogen-bond acceptors (Lipinski definition) is 9. The Morgan fingerprint density at radius 3 is 2.26 bits per heavy atom. The molecule has 2 aromatic heterocycles. The normalized spacial score (nSPS) is 15.6. The predicted molar refractivity (Wildman–Crippen MR) is 203 cm³/mol. The van der Waals surface area contributed by atoms with Crippen molar-refractivity contribution < 1.29 is 28.8 Å². The number of ether oxygens (including phenoxy) is 1. The molecular formula is C40H52N6O6S. The first-order valence-electron chi connectivity index (χ1n) is 18.5. The maximum absolute atomic E-state index is 14.0. The van der Waals surface area contributed by atoms with Crippen molar-refractivity contribution in [1.82, 2.24) is 31.0 Å². The minimum Gasteiger partial charge on any atom is -0.441 e. The van der Waals surface area contributed by atoms with Gasteiger partial charge in [0, 0.05) is 30.5 Å². The minimum atomic E-state index is -1.07. The summed E-state index contributed by atoms with van der Waals surface area (Å²) in [4.78, 5) is 46.7. The lowest BCUT2D eigenvalue weighted by atomic mass is 9.90. The Kier molecular flexibility index (Phi) is 14.8. The number of carbonyl (C=O) groups excluding carboxylic acids is 3. The van der Waals surface area contributed by atoms with Crippen LogP contribution >= 0.6 is 11.3 Å². The molecule has 0 unspecified atom stereocenters. The summed E-state index contributed by atoms with van der Waals surface area (Å²) in [6.07, 6.45) is 6.60. The van der Waals surface area contributed by atoms with Gasteiger partial charge in [0.25, 0.3) is 0 Å². The van der Waals surface area contributed by atoms with E-state index in [9.17, 15) is 19.5 Å². The fourth-order valence-electron chi connectivity index (χ4n) is 6.66. The van der Waals surface area contributed by atoms with Crippen LogP contribution in [0.2, 0.25) is 0 Å². The van der Waals surface area contributed by atoms with E-state index >= 15 is 0 Å². The fraction of sp³-hybridized carbons (Fsp3) is 0.475. The molecule has 4 amide bonds. The van der Waals surface area contributed by atoms with Gasteiger partial charge in [0.15, 0.2) is 12.4 Å². The molecule has 0 radical (unpaired) electrons. The van der Waals surface area contributed by atoms with Crippen LogP contribution in [0.1, 0.15) is 85.9 Å². The zero-order chi connectivity index (χ0) is 37.6. The number of thiazole rings is 1. The third-order valence-corrected chi connectivity index (χ3v) is 10.7. The number of nitrogens with zero attached hydrogens (tertiary/aromatic N) is 3. The topological polar surface area (TPSA) is 159 Å². The second kappa shape index (κ2) is 19.9. The monoisotopic (exact) mass is 744 g/mol. The Balaban J connectivity index is 1.25. The van der Waals surface area contributed by atoms with Crippen LogP contribution in [0.5, 0.6) is 0 Å². The average Bonchev–Trinajstić information content (AvgIpc) is 3.86. The molecule has 53 heavy (non-hydrogen) atoms. The number of alkyl carbamates (subject to hydrolysis) is 1. The SMILES string of the molecule is CC(C)[C@H](NC(=O)N(C)Cc1csc(C2CCCCC2)n1)C(=O)N[C@@H](Cc1ccccc1)C[C@H](O)[C@H](Cc1ccccc1)NC(=O)OCc1ccno1. The van der Waals surface area contributed by atoms with Crippen LogP contribution < -0.4 is 16.0 Å². The Morgan fingerprint density at radius 2 is 1.62 bits per heavy atom. The van der Waals surface area contributed by atoms with Crippen LogP contribution in [-0.2, 0) is 35.5 Å². The molecule has 0 bridgehead atoms. The van der Waals surface area contributed by atoms with Gasteiger partial charge in [-0.2, -0.15) is 0 Å². The molecule has 13 heteroatoms. The summed E-state index contributed by atoms with van der Waals surface area (Å²) in [5.41, 5.74) is 2.71. The summed E-state index contributed by atoms with van der Waals surface area (Å²) >= 11 is 1.66. The van der Waals surface area contributed by atoms with Gasteiger partial charge < -0.3 is 35.2 Å². The molecule has 1 saturated carbocycles. The van der Waals surface area contributed by atoms with E-state index in [0.29, 0.717) is 31.1 Å². The number of amides is 4. The van der Waals surface area contributed by atoms with E-state index in [2.05, 4.69) is 21.1 Å². The number of rotatable bonds is 17. The quantitative estimate of drug-likeness (QED) is 0.0973. The maximum atomic E-state index is 14.0. The second-order valence-electron chi connectivity index (χ2n) is 14.2. The molecule has 0 spiro atoms. The standard InChI is InChI=1S/C40H52N6O6S/c1-27(2)36(45-39(49)46(3)24-32-26-53-38(43-32)30-17-11-6-12-18-30)37(48)42-31(21-28-13-7-4-8-14-28)23-35(47)34(22-29-15-9-5-10-16-29)44-40(50)51-25-33-19-20-41-52-33/h4-5,7-10,13-16,19-20,26-27,30-31,34-36,47H,6,11-12,17-18,21-25H2,1-3H3,(H,42,48)(H,44,50)(H,45,49)/t31-,34-,35-,36-/m0/s1. The van der Waals surface area contributed by atoms with E-state index in [4.69, 9.17) is 14.2 Å². The van der Waals surface area contributed by atoms with E-state index in [-0.39, 0.29) is 30.9 Å². The number of hydrogen-bond donors (Lipinski definition) is 4. The van der Waals surface area contributed by atoms with E-state index in [0.717, 1.165) is 34.7 Å². The average molecular weight is 745 g/mol. The summed E-state index contributed by atoms with van der Waals surface area (Å²) in [6, 6.07) is 18.3. The zero-order valence-corrected chi connectivity index (χ0v) is 31.6. The van der Waals surface area contributed by atoms with Crippen LogP contribution in [0.15, 0.2) is 82.8 Å². The number of nitrogens with one attached hydrogen (secondary N) is 3. The molecule has 2 aromatic carbocycles. The Labute approximate surface area is 315 Å². The number of aromatic nitrogens is 2. The summed E-state index contributed by atoms with van der Waals surface area (Å²) in [7, 11) is 1.70. The predicted octanol–water partition coefficient (Wildman–Crippen LogP) is 6.36. The highest BCUT2D eigenvalue weighted by atomic mass is 32.1. The molecule has 0 aliphatic heterocycles. The number of aliphatic hydroxyl groups excluding tert-OH is 1. The fourth-order valence-corrected chi connectivity index (χ4v) is 7.64. The van der Waals surface area contributed by atoms with Crippen LogP contribution in [-0.4, -0.2) is 69.5 Å². The van der Waals surface area contributed by atoms with Crippen molar-refractivity contribution in [3.05, 3.63) is 106 Å². The van der Waals surface area contributed by atoms with Crippen molar-refractivity contribution in [2.75, 3.05) is 7.05 Å². The number of aliphatic hydroxyl groups is 1. The van der Waals surface area contributed by atoms with E-state index < -0.39 is 30.3 Å². The van der Waals surface area contributed by atoms with Gasteiger partial charge in [-0.15, -0.1) is 11.3 Å². The highest BCUT2D eigenvalue weighted by Crippen LogP contribution is 2.34. The first kappa shape index (κ1) is 39.5. The highest BCUT2D eigenvalue weighted by molar-refractivity contribution is 7.09. The van der Waals surface area contributed by atoms with E-state index in [1.807, 2.05) is 79.9 Å². The van der Waals surface area contributed by atoms with Gasteiger partial charge in [0.2, 0.25) is 5.91 Å². The van der Waals surface area contributed by atoms with Crippen molar-refractivity contribution in [2.45, 2.75) is 109 Å². The first-order chi connectivity index (χ1) is 25.6. The van der Waals surface area contributed by atoms with Gasteiger partial charge in [0.05, 0.1) is 35.6 Å². The van der Waals surface area contributed by atoms with Crippen molar-refractivity contribution >= 4 is 29.4 Å². The van der Waals surface area contributed by atoms with Crippen LogP contribution in [0.3, 0.4) is 0 Å². The molecule has 1 fully saturated rings. The molecule has 4 N–H and O–H groups in total. The smallest absolute Gasteiger partial charge is 0.407 e. The van der Waals surface area contributed by atoms with Crippen molar-refractivity contribution in [3.8, 4) is 0 Å². The van der Waals surface area contributed by atoms with Crippen LogP contribution in [0.4, 0.5) is 9.59 Å². The molecule has 4 atom stereocenters. The highest BCUT2D eigenvalue weighted by Gasteiger charge is 2.31. The second-order valence-corrected chi connectivity index (χ2v) is 15.1. The summed E-state index contributed by atoms with van der Waals surface area (Å²) in [6.45, 7) is 3.98. The Morgan fingerprint density at radius 1 is 0.943 bits per heavy atom. The van der Waals surface area contributed by atoms with Crippen molar-refractivity contribution in [3.63, 3.8) is 0 Å². The molecule has 12 nitrogen and oxygen atoms in total. The Bertz CT molecular complexity index is 1700. The van der Waals surface area contributed by atoms with Gasteiger partial charge in [-0.25, -0.2) is 14.6 Å². The molecule has 5 rings (SSSR count). The number of urea groups is 1. The molecule has 2 heterocycles. The molecule has 4 aromatic rings.